The molecular formula is C18H12F2N2O4. The Labute approximate surface area is 145 Å². The van der Waals surface area contributed by atoms with E-state index in [1.54, 1.807) is 12.1 Å². The van der Waals surface area contributed by atoms with Gasteiger partial charge in [0.2, 0.25) is 5.78 Å². The van der Waals surface area contributed by atoms with Crippen molar-refractivity contribution < 1.29 is 23.1 Å². The lowest BCUT2D eigenvalue weighted by molar-refractivity contribution is 0.0467. The molecule has 1 aromatic heterocycles. The topological polar surface area (TPSA) is 78.3 Å². The van der Waals surface area contributed by atoms with E-state index in [0.29, 0.717) is 0 Å². The quantitative estimate of drug-likeness (QED) is 0.528. The van der Waals surface area contributed by atoms with Gasteiger partial charge in [-0.2, -0.15) is 5.10 Å². The number of hydrogen-bond donors (Lipinski definition) is 0. The van der Waals surface area contributed by atoms with Crippen LogP contribution in [0.25, 0.3) is 10.8 Å². The van der Waals surface area contributed by atoms with Crippen molar-refractivity contribution in [3.8, 4) is 0 Å². The van der Waals surface area contributed by atoms with Gasteiger partial charge >= 0.3 is 5.97 Å². The Balaban J connectivity index is 1.86. The average molecular weight is 358 g/mol. The maximum absolute atomic E-state index is 13.6. The van der Waals surface area contributed by atoms with Gasteiger partial charge in [-0.15, -0.1) is 0 Å². The molecule has 0 spiro atoms. The minimum absolute atomic E-state index is 0.157. The van der Waals surface area contributed by atoms with Crippen molar-refractivity contribution in [2.24, 2.45) is 7.05 Å². The number of ketones is 1. The first-order valence-corrected chi connectivity index (χ1v) is 7.50. The number of Topliss-reactive ketones (excluding diaryl/α,β-unsaturated/α-hetero) is 1. The van der Waals surface area contributed by atoms with Crippen LogP contribution in [0.4, 0.5) is 8.78 Å². The molecule has 6 nitrogen and oxygen atoms in total. The summed E-state index contributed by atoms with van der Waals surface area (Å²) in [5, 5.41) is 4.40. The molecule has 0 unspecified atom stereocenters. The molecule has 0 aliphatic heterocycles. The second-order valence-electron chi connectivity index (χ2n) is 5.45. The van der Waals surface area contributed by atoms with Gasteiger partial charge < -0.3 is 4.74 Å². The molecule has 0 aliphatic rings. The van der Waals surface area contributed by atoms with Gasteiger partial charge in [0, 0.05) is 12.4 Å². The first kappa shape index (κ1) is 17.4. The molecule has 0 N–H and O–H groups in total. The van der Waals surface area contributed by atoms with Crippen LogP contribution in [0, 0.1) is 11.6 Å². The van der Waals surface area contributed by atoms with Crippen LogP contribution in [0.5, 0.6) is 0 Å². The number of esters is 1. The van der Waals surface area contributed by atoms with E-state index in [1.165, 1.54) is 19.2 Å². The highest BCUT2D eigenvalue weighted by molar-refractivity contribution is 6.04. The van der Waals surface area contributed by atoms with Crippen molar-refractivity contribution in [2.75, 3.05) is 6.61 Å². The molecule has 0 saturated heterocycles. The Kier molecular flexibility index (Phi) is 4.57. The Morgan fingerprint density at radius 1 is 1.12 bits per heavy atom. The largest absolute Gasteiger partial charge is 0.452 e. The molecule has 1 heterocycles. The number of aryl methyl sites for hydroxylation is 1. The van der Waals surface area contributed by atoms with Crippen LogP contribution in [-0.2, 0) is 11.8 Å². The number of ether oxygens (including phenoxy) is 1. The molecule has 0 radical (unpaired) electrons. The smallest absolute Gasteiger partial charge is 0.359 e. The highest BCUT2D eigenvalue weighted by Crippen LogP contribution is 2.15. The molecular weight excluding hydrogens is 346 g/mol. The first-order chi connectivity index (χ1) is 12.4. The number of aromatic nitrogens is 2. The summed E-state index contributed by atoms with van der Waals surface area (Å²) in [5.74, 6) is -3.56. The number of carbonyl (C=O) groups excluding carboxylic acids is 2. The van der Waals surface area contributed by atoms with Crippen molar-refractivity contribution in [3.05, 3.63) is 75.7 Å². The summed E-state index contributed by atoms with van der Waals surface area (Å²) in [6.45, 7) is -0.794. The second kappa shape index (κ2) is 6.83. The van der Waals surface area contributed by atoms with Crippen LogP contribution < -0.4 is 5.56 Å². The van der Waals surface area contributed by atoms with Crippen molar-refractivity contribution in [3.63, 3.8) is 0 Å². The van der Waals surface area contributed by atoms with Crippen LogP contribution in [-0.4, -0.2) is 28.1 Å². The second-order valence-corrected chi connectivity index (χ2v) is 5.45. The van der Waals surface area contributed by atoms with Gasteiger partial charge in [-0.3, -0.25) is 9.59 Å². The third-order valence-corrected chi connectivity index (χ3v) is 3.71. The Hall–Kier alpha value is -3.42. The van der Waals surface area contributed by atoms with Gasteiger partial charge in [0.05, 0.1) is 10.9 Å². The average Bonchev–Trinajstić information content (AvgIpc) is 2.64. The lowest BCUT2D eigenvalue weighted by Gasteiger charge is -2.08. The molecule has 3 aromatic rings. The number of hydrogen-bond acceptors (Lipinski definition) is 5. The fourth-order valence-electron chi connectivity index (χ4n) is 2.44. The van der Waals surface area contributed by atoms with Crippen LogP contribution in [0.3, 0.4) is 0 Å². The summed E-state index contributed by atoms with van der Waals surface area (Å²) >= 11 is 0. The van der Waals surface area contributed by atoms with Gasteiger partial charge in [0.15, 0.2) is 12.3 Å². The zero-order chi connectivity index (χ0) is 18.8. The summed E-state index contributed by atoms with van der Waals surface area (Å²) in [6, 6.07) is 8.72. The Morgan fingerprint density at radius 2 is 1.81 bits per heavy atom. The van der Waals surface area contributed by atoms with Crippen LogP contribution in [0.1, 0.15) is 20.8 Å². The van der Waals surface area contributed by atoms with Gasteiger partial charge in [0.1, 0.15) is 11.6 Å². The number of rotatable bonds is 4. The molecule has 2 aromatic carbocycles. The highest BCUT2D eigenvalue weighted by atomic mass is 19.1. The Bertz CT molecular complexity index is 1090. The zero-order valence-corrected chi connectivity index (χ0v) is 13.5. The van der Waals surface area contributed by atoms with Crippen LogP contribution in [0.2, 0.25) is 0 Å². The van der Waals surface area contributed by atoms with Crippen molar-refractivity contribution >= 4 is 22.5 Å². The van der Waals surface area contributed by atoms with Gasteiger partial charge in [0.25, 0.3) is 5.56 Å². The zero-order valence-electron chi connectivity index (χ0n) is 13.5. The van der Waals surface area contributed by atoms with E-state index in [2.05, 4.69) is 5.10 Å². The predicted molar refractivity (Wildman–Crippen MR) is 88.0 cm³/mol. The number of carbonyl (C=O) groups is 2. The van der Waals surface area contributed by atoms with Crippen LogP contribution in [0.15, 0.2) is 47.3 Å². The molecule has 132 valence electrons. The SMILES string of the molecule is Cn1nc(C(=O)OCC(=O)c2cc(F)ccc2F)c2ccccc2c1=O. The lowest BCUT2D eigenvalue weighted by Crippen LogP contribution is -2.24. The number of fused-ring (bicyclic) bond motifs is 1. The van der Waals surface area contributed by atoms with Gasteiger partial charge in [-0.05, 0) is 24.3 Å². The molecule has 0 aliphatic carbocycles. The first-order valence-electron chi connectivity index (χ1n) is 7.50. The summed E-state index contributed by atoms with van der Waals surface area (Å²) in [5.41, 5.74) is -1.07. The molecule has 0 saturated carbocycles. The fraction of sp³-hybridized carbons (Fsp3) is 0.111. The van der Waals surface area contributed by atoms with E-state index in [1.807, 2.05) is 0 Å². The third-order valence-electron chi connectivity index (χ3n) is 3.71. The van der Waals surface area contributed by atoms with Crippen molar-refractivity contribution in [2.45, 2.75) is 0 Å². The maximum atomic E-state index is 13.6. The number of benzene rings is 2. The maximum Gasteiger partial charge on any atom is 0.359 e. The van der Waals surface area contributed by atoms with E-state index in [4.69, 9.17) is 4.74 Å². The third kappa shape index (κ3) is 3.21. The van der Waals surface area contributed by atoms with Crippen LogP contribution >= 0.6 is 0 Å². The molecule has 0 atom stereocenters. The summed E-state index contributed by atoms with van der Waals surface area (Å²) in [7, 11) is 1.37. The molecule has 0 bridgehead atoms. The van der Waals surface area contributed by atoms with Gasteiger partial charge in [-0.1, -0.05) is 18.2 Å². The molecule has 0 amide bonds. The minimum Gasteiger partial charge on any atom is -0.452 e. The summed E-state index contributed by atoms with van der Waals surface area (Å²) in [4.78, 5) is 36.3. The molecule has 3 rings (SSSR count). The van der Waals surface area contributed by atoms with E-state index in [-0.39, 0.29) is 16.5 Å². The Morgan fingerprint density at radius 3 is 2.54 bits per heavy atom. The summed E-state index contributed by atoms with van der Waals surface area (Å²) < 4.78 is 32.6. The lowest BCUT2D eigenvalue weighted by atomic mass is 10.1. The van der Waals surface area contributed by atoms with Crippen molar-refractivity contribution in [1.29, 1.82) is 0 Å². The normalized spacial score (nSPS) is 10.7. The molecule has 26 heavy (non-hydrogen) atoms. The van der Waals surface area contributed by atoms with E-state index < -0.39 is 41.1 Å². The van der Waals surface area contributed by atoms with E-state index in [9.17, 15) is 23.2 Å². The number of nitrogens with zero attached hydrogens (tertiary/aromatic N) is 2. The fourth-order valence-corrected chi connectivity index (χ4v) is 2.44. The predicted octanol–water partition coefficient (Wildman–Crippen LogP) is 2.25. The highest BCUT2D eigenvalue weighted by Gasteiger charge is 2.20. The van der Waals surface area contributed by atoms with Gasteiger partial charge in [-0.25, -0.2) is 18.3 Å². The number of halogens is 2. The minimum atomic E-state index is -0.957. The monoisotopic (exact) mass is 358 g/mol. The standard InChI is InChI=1S/C18H12F2N2O4/c1-22-17(24)12-5-3-2-4-11(12)16(21-22)18(25)26-9-15(23)13-8-10(19)6-7-14(13)20/h2-8H,9H2,1H3. The van der Waals surface area contributed by atoms with Crippen molar-refractivity contribution in [1.82, 2.24) is 9.78 Å². The summed E-state index contributed by atoms with van der Waals surface area (Å²) in [6.07, 6.45) is 0. The van der Waals surface area contributed by atoms with E-state index >= 15 is 0 Å². The molecule has 8 heteroatoms. The molecule has 0 fully saturated rings. The van der Waals surface area contributed by atoms with E-state index in [0.717, 1.165) is 22.9 Å².